The lowest BCUT2D eigenvalue weighted by Gasteiger charge is -2.31. The second kappa shape index (κ2) is 4.45. The molecule has 0 saturated heterocycles. The van der Waals surface area contributed by atoms with Gasteiger partial charge >= 0.3 is 6.03 Å². The lowest BCUT2D eigenvalue weighted by Crippen LogP contribution is -2.48. The average molecular weight is 291 g/mol. The van der Waals surface area contributed by atoms with Crippen molar-refractivity contribution in [3.63, 3.8) is 0 Å². The molecule has 0 atom stereocenters. The fraction of sp³-hybridized carbons (Fsp3) is 0.231. The minimum Gasteiger partial charge on any atom is -0.275 e. The molecule has 3 rings (SSSR count). The third-order valence-corrected chi connectivity index (χ3v) is 4.27. The van der Waals surface area contributed by atoms with Gasteiger partial charge in [0.2, 0.25) is 0 Å². The molecule has 0 radical (unpaired) electrons. The van der Waals surface area contributed by atoms with E-state index in [0.717, 1.165) is 6.26 Å². The van der Waals surface area contributed by atoms with Gasteiger partial charge in [0.1, 0.15) is 4.91 Å². The van der Waals surface area contributed by atoms with Gasteiger partial charge in [-0.15, -0.1) is 0 Å². The van der Waals surface area contributed by atoms with Crippen molar-refractivity contribution in [1.29, 1.82) is 0 Å². The smallest absolute Gasteiger partial charge is 0.275 e. The first-order chi connectivity index (χ1) is 9.48. The number of hydrogen-bond donors (Lipinski definition) is 0. The van der Waals surface area contributed by atoms with E-state index in [0.29, 0.717) is 18.8 Å². The molecule has 2 amide bonds. The summed E-state index contributed by atoms with van der Waals surface area (Å²) in [5.41, 5.74) is 0.629. The highest BCUT2D eigenvalue weighted by atomic mass is 32.2. The third kappa shape index (κ3) is 2.00. The molecule has 0 aliphatic carbocycles. The number of carbonyl (C=O) groups excluding carboxylic acids is 1. The lowest BCUT2D eigenvalue weighted by atomic mass is 10.3. The molecule has 20 heavy (non-hydrogen) atoms. The largest absolute Gasteiger partial charge is 0.334 e. The molecule has 0 spiro atoms. The number of aliphatic imine (C=N–C) groups is 1. The molecule has 0 N–H and O–H groups in total. The maximum Gasteiger partial charge on any atom is 0.334 e. The van der Waals surface area contributed by atoms with Crippen LogP contribution in [0, 0.1) is 0 Å². The molecule has 7 heteroatoms. The Bertz CT molecular complexity index is 722. The first kappa shape index (κ1) is 12.9. The Labute approximate surface area is 116 Å². The van der Waals surface area contributed by atoms with Gasteiger partial charge in [0.25, 0.3) is 0 Å². The molecular weight excluding hydrogens is 278 g/mol. The van der Waals surface area contributed by atoms with Crippen molar-refractivity contribution in [2.45, 2.75) is 0 Å². The van der Waals surface area contributed by atoms with Gasteiger partial charge in [-0.05, 0) is 12.1 Å². The van der Waals surface area contributed by atoms with Gasteiger partial charge in [-0.3, -0.25) is 14.8 Å². The summed E-state index contributed by atoms with van der Waals surface area (Å²) in [4.78, 5) is 19.4. The molecule has 1 aromatic carbocycles. The summed E-state index contributed by atoms with van der Waals surface area (Å²) in [6.45, 7) is 0.834. The highest BCUT2D eigenvalue weighted by Crippen LogP contribution is 2.27. The van der Waals surface area contributed by atoms with Crippen molar-refractivity contribution in [2.75, 3.05) is 24.2 Å². The van der Waals surface area contributed by atoms with E-state index < -0.39 is 9.84 Å². The van der Waals surface area contributed by atoms with Crippen LogP contribution in [0.4, 0.5) is 10.5 Å². The molecule has 6 nitrogen and oxygen atoms in total. The van der Waals surface area contributed by atoms with E-state index in [9.17, 15) is 13.2 Å². The first-order valence-corrected chi connectivity index (χ1v) is 8.00. The number of benzene rings is 1. The number of anilines is 1. The van der Waals surface area contributed by atoms with Crippen LogP contribution < -0.4 is 4.90 Å². The van der Waals surface area contributed by atoms with E-state index in [4.69, 9.17) is 0 Å². The predicted molar refractivity (Wildman–Crippen MR) is 76.3 cm³/mol. The van der Waals surface area contributed by atoms with Gasteiger partial charge in [0.15, 0.2) is 15.7 Å². The molecule has 0 unspecified atom stereocenters. The van der Waals surface area contributed by atoms with Gasteiger partial charge in [-0.1, -0.05) is 18.2 Å². The Morgan fingerprint density at radius 2 is 1.90 bits per heavy atom. The minimum atomic E-state index is -3.45. The van der Waals surface area contributed by atoms with Crippen LogP contribution >= 0.6 is 0 Å². The van der Waals surface area contributed by atoms with E-state index in [1.807, 2.05) is 6.07 Å². The van der Waals surface area contributed by atoms with E-state index in [1.54, 1.807) is 24.3 Å². The Morgan fingerprint density at radius 3 is 2.55 bits per heavy atom. The SMILES string of the molecule is CS(=O)(=O)C1=CN(c2ccccc2)C(=O)N2CCN=C12. The second-order valence-corrected chi connectivity index (χ2v) is 6.59. The van der Waals surface area contributed by atoms with E-state index in [-0.39, 0.29) is 16.8 Å². The summed E-state index contributed by atoms with van der Waals surface area (Å²) < 4.78 is 23.8. The van der Waals surface area contributed by atoms with Crippen molar-refractivity contribution < 1.29 is 13.2 Å². The first-order valence-electron chi connectivity index (χ1n) is 6.11. The fourth-order valence-corrected chi connectivity index (χ4v) is 3.04. The lowest BCUT2D eigenvalue weighted by molar-refractivity contribution is 0.231. The molecule has 2 heterocycles. The van der Waals surface area contributed by atoms with Gasteiger partial charge < -0.3 is 0 Å². The van der Waals surface area contributed by atoms with Crippen molar-refractivity contribution in [1.82, 2.24) is 4.90 Å². The maximum absolute atomic E-state index is 12.4. The Kier molecular flexibility index (Phi) is 2.86. The Balaban J connectivity index is 2.15. The van der Waals surface area contributed by atoms with Crippen molar-refractivity contribution in [3.8, 4) is 0 Å². The van der Waals surface area contributed by atoms with E-state index in [1.165, 1.54) is 16.0 Å². The van der Waals surface area contributed by atoms with E-state index in [2.05, 4.69) is 4.99 Å². The highest BCUT2D eigenvalue weighted by Gasteiger charge is 2.38. The van der Waals surface area contributed by atoms with Gasteiger partial charge in [0.05, 0.1) is 12.2 Å². The van der Waals surface area contributed by atoms with Crippen LogP contribution in [-0.2, 0) is 9.84 Å². The minimum absolute atomic E-state index is 0.0819. The molecule has 0 aromatic heterocycles. The molecule has 2 aliphatic rings. The number of nitrogens with zero attached hydrogens (tertiary/aromatic N) is 3. The van der Waals surface area contributed by atoms with Crippen molar-refractivity contribution in [3.05, 3.63) is 41.4 Å². The topological polar surface area (TPSA) is 70.1 Å². The van der Waals surface area contributed by atoms with Gasteiger partial charge in [0, 0.05) is 19.0 Å². The summed E-state index contributed by atoms with van der Waals surface area (Å²) in [7, 11) is -3.45. The maximum atomic E-state index is 12.4. The molecule has 0 bridgehead atoms. The number of carbonyl (C=O) groups is 1. The number of amidine groups is 1. The molecule has 0 fully saturated rings. The van der Waals surface area contributed by atoms with Crippen molar-refractivity contribution in [2.24, 2.45) is 4.99 Å². The second-order valence-electron chi connectivity index (χ2n) is 4.61. The zero-order valence-electron chi connectivity index (χ0n) is 10.9. The number of hydrogen-bond acceptors (Lipinski definition) is 4. The monoisotopic (exact) mass is 291 g/mol. The summed E-state index contributed by atoms with van der Waals surface area (Å²) in [6, 6.07) is 8.66. The summed E-state index contributed by atoms with van der Waals surface area (Å²) in [6.07, 6.45) is 2.48. The number of amides is 2. The number of rotatable bonds is 2. The Morgan fingerprint density at radius 1 is 1.20 bits per heavy atom. The normalized spacial score (nSPS) is 18.8. The Hall–Kier alpha value is -2.15. The predicted octanol–water partition coefficient (Wildman–Crippen LogP) is 1.23. The summed E-state index contributed by atoms with van der Waals surface area (Å²) in [5, 5.41) is 0. The number of fused-ring (bicyclic) bond motifs is 1. The van der Waals surface area contributed by atoms with Gasteiger partial charge in [-0.2, -0.15) is 0 Å². The molecule has 2 aliphatic heterocycles. The molecule has 104 valence electrons. The zero-order valence-corrected chi connectivity index (χ0v) is 11.7. The molecule has 1 aromatic rings. The van der Waals surface area contributed by atoms with Crippen LogP contribution in [0.15, 0.2) is 46.4 Å². The standard InChI is InChI=1S/C13H13N3O3S/c1-20(18,19)11-9-16(10-5-3-2-4-6-10)13(17)15-8-7-14-12(11)15/h2-6,9H,7-8H2,1H3. The number of urea groups is 1. The summed E-state index contributed by atoms with van der Waals surface area (Å²) >= 11 is 0. The van der Waals surface area contributed by atoms with E-state index >= 15 is 0 Å². The van der Waals surface area contributed by atoms with Gasteiger partial charge in [-0.25, -0.2) is 13.2 Å². The van der Waals surface area contributed by atoms with Crippen LogP contribution in [-0.4, -0.2) is 44.5 Å². The van der Waals surface area contributed by atoms with Crippen LogP contribution in [0.1, 0.15) is 0 Å². The fourth-order valence-electron chi connectivity index (χ4n) is 2.24. The third-order valence-electron chi connectivity index (χ3n) is 3.18. The van der Waals surface area contributed by atoms with Crippen molar-refractivity contribution >= 4 is 27.4 Å². The quantitative estimate of drug-likeness (QED) is 0.822. The number of sulfone groups is 1. The van der Waals surface area contributed by atoms with Crippen LogP contribution in [0.5, 0.6) is 0 Å². The average Bonchev–Trinajstić information content (AvgIpc) is 2.88. The summed E-state index contributed by atoms with van der Waals surface area (Å²) in [5.74, 6) is 0.254. The molecule has 0 saturated carbocycles. The number of para-hydroxylation sites is 1. The highest BCUT2D eigenvalue weighted by molar-refractivity contribution is 7.95. The van der Waals surface area contributed by atoms with Crippen LogP contribution in [0.2, 0.25) is 0 Å². The zero-order chi connectivity index (χ0) is 14.3. The molecular formula is C13H13N3O3S. The van der Waals surface area contributed by atoms with Crippen LogP contribution in [0.3, 0.4) is 0 Å². The van der Waals surface area contributed by atoms with Crippen LogP contribution in [0.25, 0.3) is 0 Å².